The fourth-order valence-electron chi connectivity index (χ4n) is 3.00. The third-order valence-corrected chi connectivity index (χ3v) is 5.35. The van der Waals surface area contributed by atoms with Gasteiger partial charge in [0, 0.05) is 22.6 Å². The molecule has 1 amide bonds. The molecule has 1 fully saturated rings. The second kappa shape index (κ2) is 6.32. The summed E-state index contributed by atoms with van der Waals surface area (Å²) in [6.45, 7) is 0. The summed E-state index contributed by atoms with van der Waals surface area (Å²) in [6, 6.07) is 13.4. The summed E-state index contributed by atoms with van der Waals surface area (Å²) in [5, 5.41) is 3.57. The average Bonchev–Trinajstić information content (AvgIpc) is 3.24. The first-order chi connectivity index (χ1) is 12.1. The van der Waals surface area contributed by atoms with Crippen molar-refractivity contribution in [3.05, 3.63) is 76.2 Å². The molecule has 1 aliphatic carbocycles. The van der Waals surface area contributed by atoms with Crippen LogP contribution in [0.4, 0.5) is 5.69 Å². The lowest BCUT2D eigenvalue weighted by atomic mass is 9.95. The molecule has 0 saturated heterocycles. The molecule has 0 bridgehead atoms. The monoisotopic (exact) mass is 415 g/mol. The molecule has 2 aromatic carbocycles. The van der Waals surface area contributed by atoms with E-state index in [0.717, 1.165) is 28.6 Å². The molecule has 0 atom stereocenters. The van der Waals surface area contributed by atoms with Gasteiger partial charge >= 0.3 is 0 Å². The number of amides is 1. The summed E-state index contributed by atoms with van der Waals surface area (Å²) in [4.78, 5) is 16.9. The Morgan fingerprint density at radius 3 is 2.72 bits per heavy atom. The molecule has 3 aromatic rings. The Bertz CT molecular complexity index is 936. The van der Waals surface area contributed by atoms with Gasteiger partial charge in [0.2, 0.25) is 5.91 Å². The number of hydrogen-bond acceptors (Lipinski definition) is 2. The molecule has 0 radical (unpaired) electrons. The van der Waals surface area contributed by atoms with Gasteiger partial charge in [-0.25, -0.2) is 4.98 Å². The molecule has 1 N–H and O–H groups in total. The van der Waals surface area contributed by atoms with Crippen molar-refractivity contribution in [2.45, 2.75) is 18.3 Å². The molecule has 1 aromatic heterocycles. The first-order valence-corrected chi connectivity index (χ1v) is 9.11. The van der Waals surface area contributed by atoms with Gasteiger partial charge < -0.3 is 9.88 Å². The number of rotatable bonds is 4. The number of aromatic nitrogens is 2. The Hall–Kier alpha value is -2.11. The fraction of sp³-hybridized carbons (Fsp3) is 0.158. The van der Waals surface area contributed by atoms with Crippen LogP contribution in [-0.4, -0.2) is 15.5 Å². The number of hydrogen-bond donors (Lipinski definition) is 1. The van der Waals surface area contributed by atoms with Crippen LogP contribution in [0, 0.1) is 0 Å². The number of anilines is 1. The molecule has 126 valence electrons. The van der Waals surface area contributed by atoms with Crippen molar-refractivity contribution >= 4 is 39.1 Å². The van der Waals surface area contributed by atoms with Gasteiger partial charge in [0.05, 0.1) is 22.5 Å². The van der Waals surface area contributed by atoms with Crippen LogP contribution in [0.25, 0.3) is 5.69 Å². The minimum Gasteiger partial charge on any atom is -0.325 e. The van der Waals surface area contributed by atoms with Crippen molar-refractivity contribution in [1.82, 2.24) is 9.55 Å². The number of halogens is 2. The number of nitrogens with zero attached hydrogens (tertiary/aromatic N) is 2. The number of carbonyl (C=O) groups is 1. The van der Waals surface area contributed by atoms with Gasteiger partial charge in [-0.2, -0.15) is 0 Å². The van der Waals surface area contributed by atoms with Gasteiger partial charge in [-0.15, -0.1) is 0 Å². The van der Waals surface area contributed by atoms with E-state index in [9.17, 15) is 4.79 Å². The van der Waals surface area contributed by atoms with Gasteiger partial charge in [-0.1, -0.05) is 39.7 Å². The van der Waals surface area contributed by atoms with E-state index in [-0.39, 0.29) is 5.91 Å². The molecule has 6 heteroatoms. The highest BCUT2D eigenvalue weighted by atomic mass is 79.9. The Kier molecular flexibility index (Phi) is 4.13. The topological polar surface area (TPSA) is 46.9 Å². The van der Waals surface area contributed by atoms with E-state index >= 15 is 0 Å². The maximum atomic E-state index is 12.8. The van der Waals surface area contributed by atoms with Gasteiger partial charge in [0.1, 0.15) is 0 Å². The third-order valence-electron chi connectivity index (χ3n) is 4.55. The van der Waals surface area contributed by atoms with Crippen molar-refractivity contribution in [1.29, 1.82) is 0 Å². The fourth-order valence-corrected chi connectivity index (χ4v) is 3.68. The zero-order valence-corrected chi connectivity index (χ0v) is 15.6. The van der Waals surface area contributed by atoms with E-state index in [1.807, 2.05) is 47.2 Å². The number of carbonyl (C=O) groups excluding carboxylic acids is 1. The van der Waals surface area contributed by atoms with E-state index < -0.39 is 5.41 Å². The van der Waals surface area contributed by atoms with E-state index in [1.54, 1.807) is 18.6 Å². The second-order valence-electron chi connectivity index (χ2n) is 6.18. The lowest BCUT2D eigenvalue weighted by molar-refractivity contribution is -0.118. The number of benzene rings is 2. The van der Waals surface area contributed by atoms with Gasteiger partial charge in [0.25, 0.3) is 0 Å². The molecule has 1 aliphatic rings. The van der Waals surface area contributed by atoms with Gasteiger partial charge in [-0.3, -0.25) is 4.79 Å². The molecular formula is C19H15BrClN3O. The Morgan fingerprint density at radius 1 is 1.24 bits per heavy atom. The molecular weight excluding hydrogens is 402 g/mol. The van der Waals surface area contributed by atoms with E-state index in [1.165, 1.54) is 0 Å². The minimum absolute atomic E-state index is 0.0112. The number of imidazole rings is 1. The molecule has 4 rings (SSSR count). The van der Waals surface area contributed by atoms with Crippen LogP contribution in [0.5, 0.6) is 0 Å². The predicted octanol–water partition coefficient (Wildman–Crippen LogP) is 4.96. The normalized spacial score (nSPS) is 15.0. The number of nitrogens with one attached hydrogen (secondary N) is 1. The summed E-state index contributed by atoms with van der Waals surface area (Å²) >= 11 is 9.84. The van der Waals surface area contributed by atoms with Gasteiger partial charge in [-0.05, 0) is 48.7 Å². The molecule has 1 saturated carbocycles. The predicted molar refractivity (Wildman–Crippen MR) is 102 cm³/mol. The van der Waals surface area contributed by atoms with Crippen LogP contribution in [0.15, 0.2) is 65.7 Å². The zero-order valence-electron chi connectivity index (χ0n) is 13.2. The first-order valence-electron chi connectivity index (χ1n) is 7.94. The van der Waals surface area contributed by atoms with E-state index in [2.05, 4.69) is 26.2 Å². The van der Waals surface area contributed by atoms with Crippen LogP contribution in [-0.2, 0) is 10.2 Å². The minimum atomic E-state index is -0.431. The van der Waals surface area contributed by atoms with Crippen LogP contribution in [0.2, 0.25) is 5.02 Å². The van der Waals surface area contributed by atoms with Crippen molar-refractivity contribution in [3.8, 4) is 5.69 Å². The van der Waals surface area contributed by atoms with Crippen molar-refractivity contribution in [3.63, 3.8) is 0 Å². The van der Waals surface area contributed by atoms with E-state index in [4.69, 9.17) is 11.6 Å². The summed E-state index contributed by atoms with van der Waals surface area (Å²) in [5.74, 6) is 0.0112. The Balaban J connectivity index is 1.56. The molecule has 1 heterocycles. The van der Waals surface area contributed by atoms with Crippen LogP contribution < -0.4 is 5.32 Å². The molecule has 4 nitrogen and oxygen atoms in total. The molecule has 0 unspecified atom stereocenters. The first kappa shape index (κ1) is 16.4. The second-order valence-corrected chi connectivity index (χ2v) is 7.51. The van der Waals surface area contributed by atoms with Crippen LogP contribution in [0.3, 0.4) is 0 Å². The maximum Gasteiger partial charge on any atom is 0.235 e. The molecule has 0 spiro atoms. The maximum absolute atomic E-state index is 12.8. The third kappa shape index (κ3) is 3.10. The largest absolute Gasteiger partial charge is 0.325 e. The highest BCUT2D eigenvalue weighted by Gasteiger charge is 2.51. The summed E-state index contributed by atoms with van der Waals surface area (Å²) in [5.41, 5.74) is 2.13. The lowest BCUT2D eigenvalue weighted by Gasteiger charge is -2.17. The lowest BCUT2D eigenvalue weighted by Crippen LogP contribution is -2.27. The van der Waals surface area contributed by atoms with Gasteiger partial charge in [0.15, 0.2) is 0 Å². The highest BCUT2D eigenvalue weighted by Crippen LogP contribution is 2.49. The van der Waals surface area contributed by atoms with Crippen molar-refractivity contribution in [2.24, 2.45) is 0 Å². The Morgan fingerprint density at radius 2 is 2.08 bits per heavy atom. The smallest absolute Gasteiger partial charge is 0.235 e. The zero-order chi connectivity index (χ0) is 17.4. The summed E-state index contributed by atoms with van der Waals surface area (Å²) in [7, 11) is 0. The highest BCUT2D eigenvalue weighted by molar-refractivity contribution is 9.10. The average molecular weight is 417 g/mol. The standard InChI is InChI=1S/C19H15BrClN3O/c20-14-3-1-2-13(10-14)19(6-7-19)18(25)23-15-4-5-17(16(21)11-15)24-9-8-22-12-24/h1-5,8-12H,6-7H2,(H,23,25). The summed E-state index contributed by atoms with van der Waals surface area (Å²) < 4.78 is 2.81. The molecule has 25 heavy (non-hydrogen) atoms. The summed E-state index contributed by atoms with van der Waals surface area (Å²) in [6.07, 6.45) is 6.92. The van der Waals surface area contributed by atoms with Crippen LogP contribution in [0.1, 0.15) is 18.4 Å². The Labute approximate surface area is 159 Å². The SMILES string of the molecule is O=C(Nc1ccc(-n2ccnc2)c(Cl)c1)C1(c2cccc(Br)c2)CC1. The van der Waals surface area contributed by atoms with Crippen molar-refractivity contribution in [2.75, 3.05) is 5.32 Å². The van der Waals surface area contributed by atoms with Crippen molar-refractivity contribution < 1.29 is 4.79 Å². The van der Waals surface area contributed by atoms with E-state index in [0.29, 0.717) is 10.7 Å². The van der Waals surface area contributed by atoms with Crippen LogP contribution >= 0.6 is 27.5 Å². The quantitative estimate of drug-likeness (QED) is 0.653. The molecule has 0 aliphatic heterocycles.